The number of hydrogen-bond acceptors (Lipinski definition) is 1. The lowest BCUT2D eigenvalue weighted by Gasteiger charge is -2.21. The number of halogens is 1. The van der Waals surface area contributed by atoms with Gasteiger partial charge in [-0.15, -0.1) is 0 Å². The summed E-state index contributed by atoms with van der Waals surface area (Å²) in [5.41, 5.74) is 3.47. The molecule has 0 saturated heterocycles. The molecule has 0 radical (unpaired) electrons. The molecule has 0 fully saturated rings. The van der Waals surface area contributed by atoms with Crippen molar-refractivity contribution in [3.05, 3.63) is 101 Å². The molecule has 3 aromatic rings. The van der Waals surface area contributed by atoms with E-state index in [2.05, 4.69) is 53.8 Å². The summed E-state index contributed by atoms with van der Waals surface area (Å²) in [7, 11) is 0. The van der Waals surface area contributed by atoms with Crippen LogP contribution in [0, 0.1) is 0 Å². The predicted octanol–water partition coefficient (Wildman–Crippen LogP) is 5.54. The van der Waals surface area contributed by atoms with Crippen LogP contribution >= 0.6 is 11.6 Å². The minimum atomic E-state index is 0.103. The number of nitrogens with one attached hydrogen (secondary N) is 1. The zero-order valence-corrected chi connectivity index (χ0v) is 12.3. The highest BCUT2D eigenvalue weighted by Crippen LogP contribution is 2.27. The molecule has 21 heavy (non-hydrogen) atoms. The monoisotopic (exact) mass is 293 g/mol. The summed E-state index contributed by atoms with van der Waals surface area (Å²) in [6.45, 7) is 0. The van der Waals surface area contributed by atoms with E-state index in [9.17, 15) is 0 Å². The fourth-order valence-electron chi connectivity index (χ4n) is 2.40. The van der Waals surface area contributed by atoms with E-state index in [1.807, 2.05) is 36.4 Å². The Kier molecular flexibility index (Phi) is 4.23. The molecule has 2 heteroatoms. The maximum atomic E-state index is 6.08. The predicted molar refractivity (Wildman–Crippen MR) is 89.8 cm³/mol. The highest BCUT2D eigenvalue weighted by Gasteiger charge is 2.13. The van der Waals surface area contributed by atoms with Gasteiger partial charge >= 0.3 is 0 Å². The van der Waals surface area contributed by atoms with Crippen LogP contribution in [0.2, 0.25) is 5.02 Å². The van der Waals surface area contributed by atoms with Crippen LogP contribution in [0.3, 0.4) is 0 Å². The third kappa shape index (κ3) is 3.45. The molecule has 0 aliphatic carbocycles. The highest BCUT2D eigenvalue weighted by molar-refractivity contribution is 6.30. The summed E-state index contributed by atoms with van der Waals surface area (Å²) in [4.78, 5) is 0. The van der Waals surface area contributed by atoms with Crippen LogP contribution in [0.5, 0.6) is 0 Å². The maximum Gasteiger partial charge on any atom is 0.0767 e. The average Bonchev–Trinajstić information content (AvgIpc) is 2.54. The second-order valence-corrected chi connectivity index (χ2v) is 5.35. The van der Waals surface area contributed by atoms with Gasteiger partial charge in [-0.1, -0.05) is 78.3 Å². The Morgan fingerprint density at radius 2 is 1.24 bits per heavy atom. The van der Waals surface area contributed by atoms with Gasteiger partial charge < -0.3 is 5.32 Å². The largest absolute Gasteiger partial charge is 0.374 e. The van der Waals surface area contributed by atoms with Crippen LogP contribution in [0.25, 0.3) is 0 Å². The maximum absolute atomic E-state index is 6.08. The van der Waals surface area contributed by atoms with E-state index in [0.29, 0.717) is 0 Å². The van der Waals surface area contributed by atoms with E-state index in [4.69, 9.17) is 11.6 Å². The molecule has 3 rings (SSSR count). The lowest BCUT2D eigenvalue weighted by atomic mass is 9.98. The number of anilines is 1. The standard InChI is InChI=1S/C19H16ClN/c20-17-12-7-13-18(14-17)21-19(15-8-3-1-4-9-15)16-10-5-2-6-11-16/h1-14,19,21H. The van der Waals surface area contributed by atoms with Crippen LogP contribution in [0.1, 0.15) is 17.2 Å². The number of benzene rings is 3. The van der Waals surface area contributed by atoms with E-state index in [1.165, 1.54) is 11.1 Å². The average molecular weight is 294 g/mol. The van der Waals surface area contributed by atoms with Crippen molar-refractivity contribution in [3.63, 3.8) is 0 Å². The Hall–Kier alpha value is -2.25. The van der Waals surface area contributed by atoms with Crippen molar-refractivity contribution in [3.8, 4) is 0 Å². The van der Waals surface area contributed by atoms with Crippen molar-refractivity contribution in [1.82, 2.24) is 0 Å². The van der Waals surface area contributed by atoms with E-state index in [0.717, 1.165) is 10.7 Å². The van der Waals surface area contributed by atoms with Gasteiger partial charge in [-0.3, -0.25) is 0 Å². The second-order valence-electron chi connectivity index (χ2n) is 4.91. The summed E-state index contributed by atoms with van der Waals surface area (Å²) >= 11 is 6.08. The van der Waals surface area contributed by atoms with Crippen molar-refractivity contribution in [2.45, 2.75) is 6.04 Å². The smallest absolute Gasteiger partial charge is 0.0767 e. The molecule has 0 aromatic heterocycles. The SMILES string of the molecule is Clc1cccc(NC(c2ccccc2)c2ccccc2)c1. The van der Waals surface area contributed by atoms with Gasteiger partial charge in [0.15, 0.2) is 0 Å². The molecule has 1 N–H and O–H groups in total. The van der Waals surface area contributed by atoms with Gasteiger partial charge in [-0.05, 0) is 29.3 Å². The summed E-state index contributed by atoms with van der Waals surface area (Å²) in [5.74, 6) is 0. The first-order valence-electron chi connectivity index (χ1n) is 6.95. The Morgan fingerprint density at radius 3 is 1.76 bits per heavy atom. The highest BCUT2D eigenvalue weighted by atomic mass is 35.5. The molecule has 0 unspecified atom stereocenters. The molecule has 0 bridgehead atoms. The topological polar surface area (TPSA) is 12.0 Å². The van der Waals surface area contributed by atoms with E-state index < -0.39 is 0 Å². The Morgan fingerprint density at radius 1 is 0.667 bits per heavy atom. The van der Waals surface area contributed by atoms with Crippen molar-refractivity contribution >= 4 is 17.3 Å². The summed E-state index contributed by atoms with van der Waals surface area (Å²) < 4.78 is 0. The Labute approximate surface area is 130 Å². The molecule has 3 aromatic carbocycles. The fraction of sp³-hybridized carbons (Fsp3) is 0.0526. The first kappa shape index (κ1) is 13.7. The van der Waals surface area contributed by atoms with Gasteiger partial charge in [-0.2, -0.15) is 0 Å². The van der Waals surface area contributed by atoms with Gasteiger partial charge in [0, 0.05) is 10.7 Å². The summed E-state index contributed by atoms with van der Waals surface area (Å²) in [5, 5.41) is 4.30. The molecule has 0 aliphatic heterocycles. The van der Waals surface area contributed by atoms with Crippen LogP contribution in [-0.2, 0) is 0 Å². The fourth-order valence-corrected chi connectivity index (χ4v) is 2.59. The zero-order valence-electron chi connectivity index (χ0n) is 11.5. The molecular weight excluding hydrogens is 278 g/mol. The molecule has 0 spiro atoms. The van der Waals surface area contributed by atoms with Crippen LogP contribution in [-0.4, -0.2) is 0 Å². The van der Waals surface area contributed by atoms with Gasteiger partial charge in [0.1, 0.15) is 0 Å². The normalized spacial score (nSPS) is 10.6. The Balaban J connectivity index is 1.97. The van der Waals surface area contributed by atoms with Gasteiger partial charge in [0.25, 0.3) is 0 Å². The first-order chi connectivity index (χ1) is 10.3. The quantitative estimate of drug-likeness (QED) is 0.666. The molecule has 104 valence electrons. The van der Waals surface area contributed by atoms with Crippen molar-refractivity contribution < 1.29 is 0 Å². The van der Waals surface area contributed by atoms with Crippen molar-refractivity contribution in [1.29, 1.82) is 0 Å². The first-order valence-corrected chi connectivity index (χ1v) is 7.33. The van der Waals surface area contributed by atoms with Crippen LogP contribution in [0.4, 0.5) is 5.69 Å². The lowest BCUT2D eigenvalue weighted by Crippen LogP contribution is -2.12. The molecule has 0 atom stereocenters. The van der Waals surface area contributed by atoms with Gasteiger partial charge in [0.2, 0.25) is 0 Å². The van der Waals surface area contributed by atoms with Gasteiger partial charge in [0.05, 0.1) is 6.04 Å². The van der Waals surface area contributed by atoms with Crippen molar-refractivity contribution in [2.75, 3.05) is 5.32 Å². The zero-order chi connectivity index (χ0) is 14.5. The molecule has 0 aliphatic rings. The minimum Gasteiger partial charge on any atom is -0.374 e. The van der Waals surface area contributed by atoms with E-state index >= 15 is 0 Å². The van der Waals surface area contributed by atoms with E-state index in [-0.39, 0.29) is 6.04 Å². The third-order valence-electron chi connectivity index (χ3n) is 3.40. The number of rotatable bonds is 4. The molecule has 0 heterocycles. The number of hydrogen-bond donors (Lipinski definition) is 1. The summed E-state index contributed by atoms with van der Waals surface area (Å²) in [6, 6.07) is 28.8. The third-order valence-corrected chi connectivity index (χ3v) is 3.64. The molecule has 0 amide bonds. The van der Waals surface area contributed by atoms with Crippen molar-refractivity contribution in [2.24, 2.45) is 0 Å². The van der Waals surface area contributed by atoms with Crippen LogP contribution in [0.15, 0.2) is 84.9 Å². The van der Waals surface area contributed by atoms with Gasteiger partial charge in [-0.25, -0.2) is 0 Å². The summed E-state index contributed by atoms with van der Waals surface area (Å²) in [6.07, 6.45) is 0. The van der Waals surface area contributed by atoms with E-state index in [1.54, 1.807) is 0 Å². The second kappa shape index (κ2) is 6.47. The van der Waals surface area contributed by atoms with Crippen LogP contribution < -0.4 is 5.32 Å². The molecular formula is C19H16ClN. The molecule has 1 nitrogen and oxygen atoms in total. The Bertz CT molecular complexity index is 656. The lowest BCUT2D eigenvalue weighted by molar-refractivity contribution is 0.939. The minimum absolute atomic E-state index is 0.103. The molecule has 0 saturated carbocycles.